The number of aldehydes is 1. The van der Waals surface area contributed by atoms with Crippen molar-refractivity contribution in [1.82, 2.24) is 24.5 Å². The van der Waals surface area contributed by atoms with Crippen molar-refractivity contribution in [1.29, 1.82) is 0 Å². The molecule has 0 saturated heterocycles. The lowest BCUT2D eigenvalue weighted by Gasteiger charge is -2.10. The van der Waals surface area contributed by atoms with E-state index in [-0.39, 0.29) is 6.61 Å². The highest BCUT2D eigenvalue weighted by molar-refractivity contribution is 5.72. The molecule has 0 amide bonds. The fraction of sp³-hybridized carbons (Fsp3) is 0.514. The number of aryl methyl sites for hydroxylation is 4. The SMILES string of the molecule is CC(C)CC=O.Cc1ccc(N)c(N)n1.Cc1ccc(NCCC(C)C)c(N)n1.Cc1ccc2c(n1)nc(CO)n2CCC(C)C.O=C(O)CO. The topological polar surface area (TPSA) is 241 Å². The van der Waals surface area contributed by atoms with Crippen LogP contribution in [0.3, 0.4) is 0 Å². The van der Waals surface area contributed by atoms with E-state index in [4.69, 9.17) is 32.2 Å². The number of fused-ring (bicyclic) bond motifs is 1. The largest absolute Gasteiger partial charge is 0.480 e. The van der Waals surface area contributed by atoms with Gasteiger partial charge in [0.05, 0.1) is 16.9 Å². The van der Waals surface area contributed by atoms with Crippen LogP contribution in [0.5, 0.6) is 0 Å². The number of aliphatic carboxylic acids is 1. The average molecular weight is 712 g/mol. The Bertz CT molecular complexity index is 1590. The van der Waals surface area contributed by atoms with E-state index in [2.05, 4.69) is 57.5 Å². The maximum atomic E-state index is 9.62. The number of aliphatic hydroxyl groups is 2. The van der Waals surface area contributed by atoms with E-state index in [0.29, 0.717) is 47.3 Å². The minimum Gasteiger partial charge on any atom is -0.480 e. The van der Waals surface area contributed by atoms with E-state index in [1.807, 2.05) is 65.0 Å². The van der Waals surface area contributed by atoms with Crippen LogP contribution in [-0.2, 0) is 22.7 Å². The molecular formula is C37H61N9O5. The van der Waals surface area contributed by atoms with Crippen LogP contribution in [0, 0.1) is 38.5 Å². The third-order valence-corrected chi connectivity index (χ3v) is 6.80. The first-order chi connectivity index (χ1) is 23.9. The predicted octanol–water partition coefficient (Wildman–Crippen LogP) is 5.56. The fourth-order valence-electron chi connectivity index (χ4n) is 3.91. The highest BCUT2D eigenvalue weighted by Gasteiger charge is 2.11. The van der Waals surface area contributed by atoms with Crippen molar-refractivity contribution in [2.75, 3.05) is 35.7 Å². The number of hydrogen-bond donors (Lipinski definition) is 7. The van der Waals surface area contributed by atoms with Crippen molar-refractivity contribution >= 4 is 46.4 Å². The number of carbonyl (C=O) groups is 2. The Morgan fingerprint density at radius 1 is 0.784 bits per heavy atom. The van der Waals surface area contributed by atoms with Crippen LogP contribution < -0.4 is 22.5 Å². The van der Waals surface area contributed by atoms with Gasteiger partial charge in [-0.3, -0.25) is 0 Å². The zero-order chi connectivity index (χ0) is 39.1. The molecule has 0 aromatic carbocycles. The fourth-order valence-corrected chi connectivity index (χ4v) is 3.91. The molecule has 4 aromatic heterocycles. The Balaban J connectivity index is 0.000000660. The van der Waals surface area contributed by atoms with Crippen LogP contribution in [0.25, 0.3) is 11.2 Å². The van der Waals surface area contributed by atoms with E-state index < -0.39 is 12.6 Å². The first-order valence-electron chi connectivity index (χ1n) is 17.1. The molecule has 4 heterocycles. The second-order valence-electron chi connectivity index (χ2n) is 13.1. The molecule has 0 aliphatic rings. The van der Waals surface area contributed by atoms with Crippen LogP contribution in [0.4, 0.5) is 23.0 Å². The Kier molecular flexibility index (Phi) is 22.8. The summed E-state index contributed by atoms with van der Waals surface area (Å²) in [4.78, 5) is 35.6. The molecule has 14 nitrogen and oxygen atoms in total. The number of imidazole rings is 1. The van der Waals surface area contributed by atoms with Crippen LogP contribution >= 0.6 is 0 Å². The van der Waals surface area contributed by atoms with Gasteiger partial charge in [0.2, 0.25) is 0 Å². The predicted molar refractivity (Wildman–Crippen MR) is 207 cm³/mol. The van der Waals surface area contributed by atoms with Gasteiger partial charge in [0.25, 0.3) is 0 Å². The minimum absolute atomic E-state index is 0.0342. The molecule has 284 valence electrons. The van der Waals surface area contributed by atoms with Crippen LogP contribution in [0.15, 0.2) is 36.4 Å². The number of rotatable bonds is 11. The lowest BCUT2D eigenvalue weighted by molar-refractivity contribution is -0.140. The highest BCUT2D eigenvalue weighted by Crippen LogP contribution is 2.18. The molecule has 4 rings (SSSR count). The number of carboxylic acid groups (broad SMARTS) is 1. The summed E-state index contributed by atoms with van der Waals surface area (Å²) in [6.45, 7) is 19.6. The summed E-state index contributed by atoms with van der Waals surface area (Å²) in [6.07, 6.45) is 3.87. The lowest BCUT2D eigenvalue weighted by Crippen LogP contribution is -2.07. The quantitative estimate of drug-likeness (QED) is 0.0944. The molecule has 4 aromatic rings. The molecule has 0 bridgehead atoms. The minimum atomic E-state index is -1.19. The monoisotopic (exact) mass is 711 g/mol. The molecule has 0 aliphatic carbocycles. The number of aliphatic hydroxyl groups excluding tert-OH is 2. The molecule has 0 fully saturated rings. The third-order valence-electron chi connectivity index (χ3n) is 6.80. The summed E-state index contributed by atoms with van der Waals surface area (Å²) < 4.78 is 2.07. The van der Waals surface area contributed by atoms with E-state index in [9.17, 15) is 9.90 Å². The van der Waals surface area contributed by atoms with Crippen molar-refractivity contribution in [2.24, 2.45) is 17.8 Å². The highest BCUT2D eigenvalue weighted by atomic mass is 16.4. The van der Waals surface area contributed by atoms with Gasteiger partial charge in [-0.25, -0.2) is 24.7 Å². The molecule has 51 heavy (non-hydrogen) atoms. The van der Waals surface area contributed by atoms with Crippen molar-refractivity contribution in [2.45, 2.75) is 94.7 Å². The summed E-state index contributed by atoms with van der Waals surface area (Å²) in [5, 5.41) is 27.6. The number of nitrogens with one attached hydrogen (secondary N) is 1. The smallest absolute Gasteiger partial charge is 0.329 e. The van der Waals surface area contributed by atoms with Crippen molar-refractivity contribution < 1.29 is 24.9 Å². The van der Waals surface area contributed by atoms with E-state index in [1.54, 1.807) is 6.07 Å². The Labute approximate surface area is 302 Å². The standard InChI is InChI=1S/C13H19N3O.C11H19N3.C6H9N3.C5H10O.C2H4O3/c1-9(2)6-7-16-11-5-4-10(3)14-13(11)15-12(16)8-17;1-8(2)6-7-13-10-5-4-9(3)14-11(10)12;1-4-2-3-5(7)6(8)9-4;1-5(2)3-4-6;3-1-2(4)5/h4-5,9,17H,6-8H2,1-3H3;4-5,8,13H,6-7H2,1-3H3,(H2,12,14);2-3H,7H2,1H3,(H2,8,9);4-5H,3H2,1-2H3;3H,1H2,(H,4,5). The molecule has 0 radical (unpaired) electrons. The van der Waals surface area contributed by atoms with Crippen molar-refractivity contribution in [3.63, 3.8) is 0 Å². The average Bonchev–Trinajstić information content (AvgIpc) is 3.40. The van der Waals surface area contributed by atoms with Gasteiger partial charge in [-0.2, -0.15) is 0 Å². The van der Waals surface area contributed by atoms with Gasteiger partial charge in [0.1, 0.15) is 37.0 Å². The lowest BCUT2D eigenvalue weighted by atomic mass is 10.1. The van der Waals surface area contributed by atoms with E-state index in [0.717, 1.165) is 66.2 Å². The number of pyridine rings is 3. The Hall–Kier alpha value is -4.82. The normalized spacial score (nSPS) is 10.2. The molecule has 0 spiro atoms. The molecular weight excluding hydrogens is 650 g/mol. The molecule has 0 atom stereocenters. The Morgan fingerprint density at radius 3 is 1.75 bits per heavy atom. The van der Waals surface area contributed by atoms with Gasteiger partial charge < -0.3 is 47.2 Å². The van der Waals surface area contributed by atoms with Crippen molar-refractivity contribution in [3.8, 4) is 0 Å². The van der Waals surface area contributed by atoms with Gasteiger partial charge in [-0.05, 0) is 87.8 Å². The Morgan fingerprint density at radius 2 is 1.31 bits per heavy atom. The number of nitrogens with two attached hydrogens (primary N) is 3. The van der Waals surface area contributed by atoms with Crippen LogP contribution in [0.2, 0.25) is 0 Å². The zero-order valence-electron chi connectivity index (χ0n) is 31.8. The van der Waals surface area contributed by atoms with E-state index in [1.165, 1.54) is 0 Å². The van der Waals surface area contributed by atoms with Crippen LogP contribution in [0.1, 0.15) is 83.7 Å². The number of nitrogen functional groups attached to an aromatic ring is 3. The number of carboxylic acids is 1. The van der Waals surface area contributed by atoms with Crippen molar-refractivity contribution in [3.05, 3.63) is 59.3 Å². The maximum absolute atomic E-state index is 9.62. The summed E-state index contributed by atoms with van der Waals surface area (Å²) >= 11 is 0. The van der Waals surface area contributed by atoms with Gasteiger partial charge in [0, 0.05) is 36.6 Å². The second kappa shape index (κ2) is 25.2. The van der Waals surface area contributed by atoms with Gasteiger partial charge in [0.15, 0.2) is 5.65 Å². The summed E-state index contributed by atoms with van der Waals surface area (Å²) in [5.41, 5.74) is 22.6. The molecule has 0 aliphatic heterocycles. The summed E-state index contributed by atoms with van der Waals surface area (Å²) in [6, 6.07) is 11.5. The van der Waals surface area contributed by atoms with Gasteiger partial charge in [-0.15, -0.1) is 0 Å². The first kappa shape index (κ1) is 46.2. The number of aromatic nitrogens is 5. The number of nitrogens with zero attached hydrogens (tertiary/aromatic N) is 5. The maximum Gasteiger partial charge on any atom is 0.329 e. The molecule has 0 unspecified atom stereocenters. The first-order valence-corrected chi connectivity index (χ1v) is 17.1. The summed E-state index contributed by atoms with van der Waals surface area (Å²) in [5.74, 6) is 2.40. The third kappa shape index (κ3) is 20.5. The molecule has 10 N–H and O–H groups in total. The number of anilines is 4. The number of carbonyl (C=O) groups excluding carboxylic acids is 1. The van der Waals surface area contributed by atoms with Gasteiger partial charge >= 0.3 is 5.97 Å². The van der Waals surface area contributed by atoms with E-state index >= 15 is 0 Å². The molecule has 0 saturated carbocycles. The second-order valence-corrected chi connectivity index (χ2v) is 13.1. The molecule has 14 heteroatoms. The summed E-state index contributed by atoms with van der Waals surface area (Å²) in [7, 11) is 0. The van der Waals surface area contributed by atoms with Crippen LogP contribution in [-0.4, -0.2) is 65.2 Å². The zero-order valence-corrected chi connectivity index (χ0v) is 31.8. The van der Waals surface area contributed by atoms with Gasteiger partial charge in [-0.1, -0.05) is 41.5 Å². The number of hydrogen-bond acceptors (Lipinski definition) is 12.